The van der Waals surface area contributed by atoms with Gasteiger partial charge in [0.15, 0.2) is 0 Å². The number of amides is 1. The van der Waals surface area contributed by atoms with Crippen LogP contribution in [0, 0.1) is 0 Å². The number of carbonyl (C=O) groups excluding carboxylic acids is 1. The standard InChI is InChI=1S/C15H24N4O4/c1-14(2,3)23-13(22)19-9-6-15(7-10-19,12(20)21)16-11-5-8-18(4)17-11/h5,8H,6-7,9-10H2,1-4H3,(H,16,17)(H,20,21). The molecule has 0 unspecified atom stereocenters. The number of aliphatic carboxylic acids is 1. The molecule has 0 aliphatic carbocycles. The van der Waals surface area contributed by atoms with Crippen LogP contribution >= 0.6 is 0 Å². The summed E-state index contributed by atoms with van der Waals surface area (Å²) in [4.78, 5) is 25.4. The predicted octanol–water partition coefficient (Wildman–Crippen LogP) is 1.69. The van der Waals surface area contributed by atoms with Gasteiger partial charge in [0.25, 0.3) is 0 Å². The number of aromatic nitrogens is 2. The monoisotopic (exact) mass is 324 g/mol. The van der Waals surface area contributed by atoms with Gasteiger partial charge in [-0.2, -0.15) is 5.10 Å². The molecule has 2 rings (SSSR count). The van der Waals surface area contributed by atoms with Crippen LogP contribution in [0.3, 0.4) is 0 Å². The van der Waals surface area contributed by atoms with Gasteiger partial charge in [-0.3, -0.25) is 4.68 Å². The number of nitrogens with zero attached hydrogens (tertiary/aromatic N) is 3. The molecule has 0 radical (unpaired) electrons. The van der Waals surface area contributed by atoms with E-state index < -0.39 is 23.2 Å². The summed E-state index contributed by atoms with van der Waals surface area (Å²) in [5.74, 6) is -0.424. The molecule has 128 valence electrons. The van der Waals surface area contributed by atoms with Crippen LogP contribution in [0.15, 0.2) is 12.3 Å². The van der Waals surface area contributed by atoms with Crippen molar-refractivity contribution in [2.45, 2.75) is 44.8 Å². The number of rotatable bonds is 3. The summed E-state index contributed by atoms with van der Waals surface area (Å²) in [6, 6.07) is 1.73. The molecule has 23 heavy (non-hydrogen) atoms. The topological polar surface area (TPSA) is 96.7 Å². The normalized spacial score (nSPS) is 17.7. The Bertz CT molecular complexity index is 583. The summed E-state index contributed by atoms with van der Waals surface area (Å²) in [6.07, 6.45) is 1.92. The quantitative estimate of drug-likeness (QED) is 0.878. The number of anilines is 1. The highest BCUT2D eigenvalue weighted by atomic mass is 16.6. The van der Waals surface area contributed by atoms with Gasteiger partial charge in [-0.25, -0.2) is 9.59 Å². The van der Waals surface area contributed by atoms with Crippen molar-refractivity contribution in [3.8, 4) is 0 Å². The molecule has 1 aromatic rings. The Morgan fingerprint density at radius 3 is 2.39 bits per heavy atom. The Labute approximate surface area is 135 Å². The van der Waals surface area contributed by atoms with Crippen LogP contribution in [0.4, 0.5) is 10.6 Å². The number of hydrogen-bond donors (Lipinski definition) is 2. The van der Waals surface area contributed by atoms with E-state index in [9.17, 15) is 14.7 Å². The minimum atomic E-state index is -1.12. The summed E-state index contributed by atoms with van der Waals surface area (Å²) in [5.41, 5.74) is -1.68. The zero-order valence-electron chi connectivity index (χ0n) is 14.0. The number of ether oxygens (including phenoxy) is 1. The smallest absolute Gasteiger partial charge is 0.410 e. The lowest BCUT2D eigenvalue weighted by Gasteiger charge is -2.39. The zero-order chi connectivity index (χ0) is 17.3. The first-order valence-electron chi connectivity index (χ1n) is 7.60. The van der Waals surface area contributed by atoms with E-state index in [0.29, 0.717) is 18.9 Å². The third-order valence-electron chi connectivity index (χ3n) is 3.76. The number of hydrogen-bond acceptors (Lipinski definition) is 5. The fourth-order valence-corrected chi connectivity index (χ4v) is 2.52. The Balaban J connectivity index is 2.03. The van der Waals surface area contributed by atoms with E-state index in [1.807, 2.05) is 0 Å². The number of likely N-dealkylation sites (tertiary alicyclic amines) is 1. The van der Waals surface area contributed by atoms with E-state index in [1.54, 1.807) is 49.7 Å². The average Bonchev–Trinajstić information content (AvgIpc) is 2.82. The molecule has 1 fully saturated rings. The van der Waals surface area contributed by atoms with Crippen LogP contribution in [0.1, 0.15) is 33.6 Å². The predicted molar refractivity (Wildman–Crippen MR) is 84.2 cm³/mol. The van der Waals surface area contributed by atoms with Crippen molar-refractivity contribution >= 4 is 17.9 Å². The van der Waals surface area contributed by atoms with Gasteiger partial charge in [0.1, 0.15) is 17.0 Å². The van der Waals surface area contributed by atoms with Crippen LogP contribution in [-0.4, -0.2) is 56.1 Å². The first-order valence-corrected chi connectivity index (χ1v) is 7.60. The van der Waals surface area contributed by atoms with Crippen LogP contribution in [0.2, 0.25) is 0 Å². The second-order valence-corrected chi connectivity index (χ2v) is 6.85. The molecule has 2 N–H and O–H groups in total. The number of piperidine rings is 1. The summed E-state index contributed by atoms with van der Waals surface area (Å²) in [7, 11) is 1.77. The maximum Gasteiger partial charge on any atom is 0.410 e. The molecule has 0 spiro atoms. The van der Waals surface area contributed by atoms with E-state index in [-0.39, 0.29) is 12.8 Å². The summed E-state index contributed by atoms with van der Waals surface area (Å²) in [6.45, 7) is 6.05. The van der Waals surface area contributed by atoms with Gasteiger partial charge < -0.3 is 20.1 Å². The van der Waals surface area contributed by atoms with Gasteiger partial charge >= 0.3 is 12.1 Å². The van der Waals surface area contributed by atoms with Crippen molar-refractivity contribution in [1.82, 2.24) is 14.7 Å². The molecule has 0 aromatic carbocycles. The van der Waals surface area contributed by atoms with Gasteiger partial charge in [0.2, 0.25) is 0 Å². The van der Waals surface area contributed by atoms with E-state index >= 15 is 0 Å². The lowest BCUT2D eigenvalue weighted by molar-refractivity contribution is -0.144. The minimum absolute atomic E-state index is 0.290. The molecule has 1 aliphatic heterocycles. The highest BCUT2D eigenvalue weighted by Crippen LogP contribution is 2.27. The average molecular weight is 324 g/mol. The fourth-order valence-electron chi connectivity index (χ4n) is 2.52. The number of aryl methyl sites for hydroxylation is 1. The zero-order valence-corrected chi connectivity index (χ0v) is 14.0. The highest BCUT2D eigenvalue weighted by Gasteiger charge is 2.43. The lowest BCUT2D eigenvalue weighted by atomic mass is 9.87. The van der Waals surface area contributed by atoms with Gasteiger partial charge in [-0.15, -0.1) is 0 Å². The fraction of sp³-hybridized carbons (Fsp3) is 0.667. The first kappa shape index (κ1) is 17.1. The molecule has 8 nitrogen and oxygen atoms in total. The van der Waals surface area contributed by atoms with Crippen molar-refractivity contribution in [3.63, 3.8) is 0 Å². The lowest BCUT2D eigenvalue weighted by Crippen LogP contribution is -2.56. The van der Waals surface area contributed by atoms with Crippen LogP contribution in [0.25, 0.3) is 0 Å². The Morgan fingerprint density at radius 2 is 1.96 bits per heavy atom. The van der Waals surface area contributed by atoms with Crippen LogP contribution in [0.5, 0.6) is 0 Å². The van der Waals surface area contributed by atoms with Crippen molar-refractivity contribution in [1.29, 1.82) is 0 Å². The molecule has 2 heterocycles. The molecular weight excluding hydrogens is 300 g/mol. The molecule has 8 heteroatoms. The van der Waals surface area contributed by atoms with Crippen LogP contribution < -0.4 is 5.32 Å². The van der Waals surface area contributed by atoms with Gasteiger partial charge in [-0.05, 0) is 33.6 Å². The van der Waals surface area contributed by atoms with Crippen molar-refractivity contribution in [3.05, 3.63) is 12.3 Å². The van der Waals surface area contributed by atoms with Crippen molar-refractivity contribution < 1.29 is 19.4 Å². The molecule has 0 atom stereocenters. The third-order valence-corrected chi connectivity index (χ3v) is 3.76. The second-order valence-electron chi connectivity index (χ2n) is 6.85. The minimum Gasteiger partial charge on any atom is -0.480 e. The van der Waals surface area contributed by atoms with E-state index in [2.05, 4.69) is 10.4 Å². The highest BCUT2D eigenvalue weighted by molar-refractivity contribution is 5.83. The van der Waals surface area contributed by atoms with Gasteiger partial charge in [-0.1, -0.05) is 0 Å². The molecule has 1 saturated heterocycles. The molecule has 0 saturated carbocycles. The number of carboxylic acid groups (broad SMARTS) is 1. The van der Waals surface area contributed by atoms with Crippen LogP contribution in [-0.2, 0) is 16.6 Å². The summed E-state index contributed by atoms with van der Waals surface area (Å²) < 4.78 is 6.94. The maximum absolute atomic E-state index is 12.1. The maximum atomic E-state index is 12.1. The number of carboxylic acids is 1. The largest absolute Gasteiger partial charge is 0.480 e. The van der Waals surface area contributed by atoms with Gasteiger partial charge in [0, 0.05) is 32.4 Å². The molecule has 1 amide bonds. The number of carbonyl (C=O) groups is 2. The molecule has 1 aliphatic rings. The van der Waals surface area contributed by atoms with Gasteiger partial charge in [0.05, 0.1) is 0 Å². The van der Waals surface area contributed by atoms with E-state index in [0.717, 1.165) is 0 Å². The Hall–Kier alpha value is -2.25. The summed E-state index contributed by atoms with van der Waals surface area (Å²) >= 11 is 0. The number of nitrogens with one attached hydrogen (secondary N) is 1. The molecule has 1 aromatic heterocycles. The second kappa shape index (κ2) is 6.10. The third kappa shape index (κ3) is 4.14. The Morgan fingerprint density at radius 1 is 1.35 bits per heavy atom. The first-order chi connectivity index (χ1) is 10.6. The SMILES string of the molecule is Cn1ccc(NC2(C(=O)O)CCN(C(=O)OC(C)(C)C)CC2)n1. The molecular formula is C15H24N4O4. The van der Waals surface area contributed by atoms with Crippen molar-refractivity contribution in [2.24, 2.45) is 7.05 Å². The van der Waals surface area contributed by atoms with E-state index in [4.69, 9.17) is 4.74 Å². The summed E-state index contributed by atoms with van der Waals surface area (Å²) in [5, 5.41) is 16.8. The molecule has 0 bridgehead atoms. The van der Waals surface area contributed by atoms with E-state index in [1.165, 1.54) is 0 Å². The Kier molecular flexibility index (Phi) is 4.53. The van der Waals surface area contributed by atoms with Crippen molar-refractivity contribution in [2.75, 3.05) is 18.4 Å².